The van der Waals surface area contributed by atoms with Crippen molar-refractivity contribution < 1.29 is 5.11 Å². The predicted octanol–water partition coefficient (Wildman–Crippen LogP) is 8.05. The van der Waals surface area contributed by atoms with Crippen LogP contribution in [0, 0.1) is 46.3 Å². The zero-order valence-corrected chi connectivity index (χ0v) is 21.4. The van der Waals surface area contributed by atoms with Crippen molar-refractivity contribution in [3.05, 3.63) is 0 Å². The first-order valence-corrected chi connectivity index (χ1v) is 13.9. The van der Waals surface area contributed by atoms with Gasteiger partial charge >= 0.3 is 0 Å². The summed E-state index contributed by atoms with van der Waals surface area (Å²) >= 11 is 14.5. The Balaban J connectivity index is 1.49. The van der Waals surface area contributed by atoms with Gasteiger partial charge in [-0.25, -0.2) is 0 Å². The second kappa shape index (κ2) is 8.72. The van der Waals surface area contributed by atoms with Crippen LogP contribution in [0.2, 0.25) is 0 Å². The summed E-state index contributed by atoms with van der Waals surface area (Å²) in [6.45, 7) is 10.2. The van der Waals surface area contributed by atoms with E-state index in [2.05, 4.69) is 27.7 Å². The number of aliphatic hydroxyl groups excluding tert-OH is 1. The van der Waals surface area contributed by atoms with Gasteiger partial charge in [-0.15, -0.1) is 23.2 Å². The van der Waals surface area contributed by atoms with E-state index in [1.165, 1.54) is 64.2 Å². The quantitative estimate of drug-likeness (QED) is 0.400. The number of aliphatic hydroxyl groups is 1. The zero-order chi connectivity index (χ0) is 21.7. The molecule has 3 heteroatoms. The first-order valence-electron chi connectivity index (χ1n) is 13.1. The lowest BCUT2D eigenvalue weighted by Gasteiger charge is -2.65. The third-order valence-electron chi connectivity index (χ3n) is 11.1. The van der Waals surface area contributed by atoms with Crippen LogP contribution in [0.25, 0.3) is 0 Å². The molecule has 1 nitrogen and oxygen atoms in total. The highest BCUT2D eigenvalue weighted by Gasteiger charge is 2.66. The SMILES string of the molecule is CC(CO)CCC[C@@H](C)[C@H]1CC[C@H]2[C@@H]3CC(Cl)C4(Cl)CCCC[C@]4(C)[C@H]3CC[C@]12C. The smallest absolute Gasteiger partial charge is 0.0666 e. The summed E-state index contributed by atoms with van der Waals surface area (Å²) in [6, 6.07) is 0. The van der Waals surface area contributed by atoms with Crippen LogP contribution in [0.15, 0.2) is 0 Å². The molecule has 10 atom stereocenters. The lowest BCUT2D eigenvalue weighted by Crippen LogP contribution is -2.63. The van der Waals surface area contributed by atoms with E-state index >= 15 is 0 Å². The number of hydrogen-bond acceptors (Lipinski definition) is 1. The molecule has 3 unspecified atom stereocenters. The van der Waals surface area contributed by atoms with Gasteiger partial charge in [-0.05, 0) is 97.7 Å². The Hall–Kier alpha value is 0.540. The molecule has 174 valence electrons. The van der Waals surface area contributed by atoms with E-state index in [1.807, 2.05) is 0 Å². The van der Waals surface area contributed by atoms with E-state index in [9.17, 15) is 5.11 Å². The molecule has 0 aromatic carbocycles. The summed E-state index contributed by atoms with van der Waals surface area (Å²) in [6.07, 6.45) is 15.5. The topological polar surface area (TPSA) is 20.2 Å². The summed E-state index contributed by atoms with van der Waals surface area (Å²) in [5, 5.41) is 9.48. The van der Waals surface area contributed by atoms with Crippen LogP contribution < -0.4 is 0 Å². The zero-order valence-electron chi connectivity index (χ0n) is 19.9. The Morgan fingerprint density at radius 2 is 1.70 bits per heavy atom. The molecule has 4 saturated carbocycles. The molecule has 4 rings (SSSR count). The van der Waals surface area contributed by atoms with E-state index in [0.717, 1.165) is 42.4 Å². The highest BCUT2D eigenvalue weighted by Crippen LogP contribution is 2.71. The van der Waals surface area contributed by atoms with Crippen molar-refractivity contribution in [2.45, 2.75) is 115 Å². The molecule has 0 bridgehead atoms. The summed E-state index contributed by atoms with van der Waals surface area (Å²) in [4.78, 5) is -0.170. The molecule has 4 aliphatic carbocycles. The number of alkyl halides is 2. The van der Waals surface area contributed by atoms with Crippen molar-refractivity contribution in [3.8, 4) is 0 Å². The molecule has 0 heterocycles. The van der Waals surface area contributed by atoms with Crippen LogP contribution in [0.3, 0.4) is 0 Å². The van der Waals surface area contributed by atoms with Gasteiger partial charge in [-0.3, -0.25) is 0 Å². The Labute approximate surface area is 196 Å². The molecule has 0 saturated heterocycles. The molecule has 4 aliphatic rings. The molecule has 0 spiro atoms. The van der Waals surface area contributed by atoms with Crippen molar-refractivity contribution in [1.29, 1.82) is 0 Å². The summed E-state index contributed by atoms with van der Waals surface area (Å²) in [7, 11) is 0. The van der Waals surface area contributed by atoms with E-state index in [-0.39, 0.29) is 15.7 Å². The molecular formula is C27H46Cl2O. The fourth-order valence-electron chi connectivity index (χ4n) is 9.26. The molecule has 0 radical (unpaired) electrons. The van der Waals surface area contributed by atoms with Gasteiger partial charge in [-0.2, -0.15) is 0 Å². The molecule has 0 amide bonds. The maximum absolute atomic E-state index is 9.34. The van der Waals surface area contributed by atoms with Gasteiger partial charge in [-0.1, -0.05) is 53.4 Å². The minimum absolute atomic E-state index is 0.143. The Bertz CT molecular complexity index is 610. The number of rotatable bonds is 6. The summed E-state index contributed by atoms with van der Waals surface area (Å²) in [5.74, 6) is 4.53. The van der Waals surface area contributed by atoms with Gasteiger partial charge in [0.05, 0.1) is 10.3 Å². The predicted molar refractivity (Wildman–Crippen MR) is 129 cm³/mol. The van der Waals surface area contributed by atoms with Gasteiger partial charge in [0.2, 0.25) is 0 Å². The van der Waals surface area contributed by atoms with E-state index < -0.39 is 0 Å². The molecule has 0 aromatic heterocycles. The number of fused-ring (bicyclic) bond motifs is 5. The van der Waals surface area contributed by atoms with Crippen molar-refractivity contribution >= 4 is 23.2 Å². The molecule has 1 N–H and O–H groups in total. The van der Waals surface area contributed by atoms with Gasteiger partial charge in [0, 0.05) is 6.61 Å². The molecule has 0 aromatic rings. The number of hydrogen-bond donors (Lipinski definition) is 1. The third-order valence-corrected chi connectivity index (χ3v) is 12.6. The van der Waals surface area contributed by atoms with Crippen LogP contribution >= 0.6 is 23.2 Å². The third kappa shape index (κ3) is 3.60. The van der Waals surface area contributed by atoms with Crippen molar-refractivity contribution in [1.82, 2.24) is 0 Å². The normalized spacial score (nSPS) is 50.3. The summed E-state index contributed by atoms with van der Waals surface area (Å²) in [5.41, 5.74) is 0.727. The van der Waals surface area contributed by atoms with Crippen LogP contribution in [-0.2, 0) is 0 Å². The van der Waals surface area contributed by atoms with Gasteiger partial charge in [0.1, 0.15) is 0 Å². The largest absolute Gasteiger partial charge is 0.396 e. The van der Waals surface area contributed by atoms with E-state index in [0.29, 0.717) is 17.9 Å². The summed E-state index contributed by atoms with van der Waals surface area (Å²) < 4.78 is 0. The van der Waals surface area contributed by atoms with Crippen LogP contribution in [-0.4, -0.2) is 22.0 Å². The van der Waals surface area contributed by atoms with Crippen molar-refractivity contribution in [3.63, 3.8) is 0 Å². The van der Waals surface area contributed by atoms with Crippen LogP contribution in [0.4, 0.5) is 0 Å². The maximum Gasteiger partial charge on any atom is 0.0666 e. The molecular weight excluding hydrogens is 411 g/mol. The average molecular weight is 458 g/mol. The minimum atomic E-state index is -0.170. The van der Waals surface area contributed by atoms with Gasteiger partial charge in [0.15, 0.2) is 0 Å². The first-order chi connectivity index (χ1) is 14.2. The number of halogens is 2. The minimum Gasteiger partial charge on any atom is -0.396 e. The Morgan fingerprint density at radius 1 is 0.967 bits per heavy atom. The fourth-order valence-corrected chi connectivity index (χ4v) is 10.3. The van der Waals surface area contributed by atoms with Crippen LogP contribution in [0.5, 0.6) is 0 Å². The standard InChI is InChI=1S/C27H46Cl2O/c1-18(17-30)8-7-9-19(2)21-10-11-22-20-16-24(28)27(29)14-6-5-13-26(27,4)23(20)12-15-25(21,22)3/h18-24,30H,5-17H2,1-4H3/t18?,19-,20+,21-,22+,23+,24?,25-,26-,27?/m1/s1. The molecule has 30 heavy (non-hydrogen) atoms. The Morgan fingerprint density at radius 3 is 2.43 bits per heavy atom. The Kier molecular flexibility index (Phi) is 6.88. The van der Waals surface area contributed by atoms with Gasteiger partial charge < -0.3 is 5.11 Å². The lowest BCUT2D eigenvalue weighted by atomic mass is 9.44. The maximum atomic E-state index is 9.34. The molecule has 4 fully saturated rings. The van der Waals surface area contributed by atoms with Gasteiger partial charge in [0.25, 0.3) is 0 Å². The fraction of sp³-hybridized carbons (Fsp3) is 1.00. The molecule has 0 aliphatic heterocycles. The van der Waals surface area contributed by atoms with E-state index in [1.54, 1.807) is 0 Å². The highest BCUT2D eigenvalue weighted by molar-refractivity contribution is 6.33. The monoisotopic (exact) mass is 456 g/mol. The van der Waals surface area contributed by atoms with Crippen molar-refractivity contribution in [2.24, 2.45) is 46.3 Å². The lowest BCUT2D eigenvalue weighted by molar-refractivity contribution is -0.103. The second-order valence-electron chi connectivity index (χ2n) is 12.5. The average Bonchev–Trinajstić information content (AvgIpc) is 3.07. The van der Waals surface area contributed by atoms with Crippen molar-refractivity contribution in [2.75, 3.05) is 6.61 Å². The first kappa shape index (κ1) is 23.7. The van der Waals surface area contributed by atoms with E-state index in [4.69, 9.17) is 23.2 Å². The highest BCUT2D eigenvalue weighted by atomic mass is 35.5. The second-order valence-corrected chi connectivity index (χ2v) is 13.7. The van der Waals surface area contributed by atoms with Crippen LogP contribution in [0.1, 0.15) is 105 Å².